The van der Waals surface area contributed by atoms with Crippen LogP contribution in [0.15, 0.2) is 72.8 Å². The van der Waals surface area contributed by atoms with E-state index in [2.05, 4.69) is 36.4 Å². The molecule has 3 nitrogen and oxygen atoms in total. The van der Waals surface area contributed by atoms with Crippen molar-refractivity contribution in [3.8, 4) is 0 Å². The predicted octanol–water partition coefficient (Wildman–Crippen LogP) is 4.07. The maximum atomic E-state index is 12.1. The van der Waals surface area contributed by atoms with E-state index in [4.69, 9.17) is 4.84 Å². The van der Waals surface area contributed by atoms with Gasteiger partial charge in [-0.3, -0.25) is 4.84 Å². The minimum atomic E-state index is -0.722. The number of hydrogen-bond donors (Lipinski definition) is 0. The molecule has 0 spiro atoms. The van der Waals surface area contributed by atoms with Gasteiger partial charge in [-0.1, -0.05) is 66.7 Å². The maximum Gasteiger partial charge on any atom is 0.147 e. The van der Waals surface area contributed by atoms with Crippen LogP contribution in [-0.2, 0) is 21.7 Å². The third-order valence-corrected chi connectivity index (χ3v) is 4.79. The number of rotatable bonds is 4. The maximum absolute atomic E-state index is 12.1. The summed E-state index contributed by atoms with van der Waals surface area (Å²) >= 11 is 0. The summed E-state index contributed by atoms with van der Waals surface area (Å²) in [7, 11) is 0. The van der Waals surface area contributed by atoms with Crippen LogP contribution in [0.1, 0.15) is 17.5 Å². The quantitative estimate of drug-likeness (QED) is 0.679. The fourth-order valence-corrected chi connectivity index (χ4v) is 3.42. The van der Waals surface area contributed by atoms with E-state index >= 15 is 0 Å². The van der Waals surface area contributed by atoms with Gasteiger partial charge in [-0.05, 0) is 28.0 Å². The van der Waals surface area contributed by atoms with Crippen LogP contribution in [0.3, 0.4) is 0 Å². The first-order valence-corrected chi connectivity index (χ1v) is 8.22. The van der Waals surface area contributed by atoms with E-state index < -0.39 is 5.54 Å². The molecule has 0 unspecified atom stereocenters. The van der Waals surface area contributed by atoms with Gasteiger partial charge in [0, 0.05) is 6.42 Å². The van der Waals surface area contributed by atoms with E-state index in [0.717, 1.165) is 22.8 Å². The first-order chi connectivity index (χ1) is 11.8. The molecule has 1 aliphatic heterocycles. The number of hydroxylamine groups is 2. The minimum absolute atomic E-state index is 0.554. The molecule has 1 aliphatic rings. The molecule has 0 aromatic heterocycles. The van der Waals surface area contributed by atoms with Crippen LogP contribution in [-0.4, -0.2) is 18.0 Å². The molecule has 1 fully saturated rings. The molecule has 1 heterocycles. The van der Waals surface area contributed by atoms with E-state index in [9.17, 15) is 4.79 Å². The third kappa shape index (κ3) is 2.52. The van der Waals surface area contributed by atoms with Crippen molar-refractivity contribution < 1.29 is 9.63 Å². The number of nitrogens with zero attached hydrogens (tertiary/aromatic N) is 1. The highest BCUT2D eigenvalue weighted by Crippen LogP contribution is 2.38. The number of benzene rings is 3. The number of carbonyl (C=O) groups excluding carboxylic acids is 1. The van der Waals surface area contributed by atoms with Gasteiger partial charge in [-0.15, -0.1) is 0 Å². The van der Waals surface area contributed by atoms with E-state index in [1.165, 1.54) is 5.39 Å². The topological polar surface area (TPSA) is 29.5 Å². The molecule has 0 radical (unpaired) electrons. The van der Waals surface area contributed by atoms with Crippen molar-refractivity contribution in [1.82, 2.24) is 5.06 Å². The molecule has 0 saturated carbocycles. The highest BCUT2D eigenvalue weighted by Gasteiger charge is 2.44. The second-order valence-corrected chi connectivity index (χ2v) is 6.21. The predicted molar refractivity (Wildman–Crippen MR) is 94.2 cm³/mol. The number of aldehydes is 1. The Balaban J connectivity index is 1.74. The molecule has 120 valence electrons. The van der Waals surface area contributed by atoms with Crippen molar-refractivity contribution in [2.24, 2.45) is 0 Å². The fourth-order valence-electron chi connectivity index (χ4n) is 3.42. The summed E-state index contributed by atoms with van der Waals surface area (Å²) in [6.45, 7) is 1.14. The normalized spacial score (nSPS) is 21.2. The number of carbonyl (C=O) groups is 1. The van der Waals surface area contributed by atoms with Gasteiger partial charge in [-0.25, -0.2) is 0 Å². The van der Waals surface area contributed by atoms with Crippen LogP contribution in [0.5, 0.6) is 0 Å². The standard InChI is InChI=1S/C21H19NO2/c23-16-21(20-11-10-18-8-4-5-9-19(18)14-20)12-13-24-22(21)15-17-6-2-1-3-7-17/h1-11,14,16H,12-13,15H2/t21-/m0/s1. The van der Waals surface area contributed by atoms with E-state index in [1.807, 2.05) is 41.5 Å². The Kier molecular flexibility index (Phi) is 3.89. The highest BCUT2D eigenvalue weighted by molar-refractivity contribution is 5.84. The lowest BCUT2D eigenvalue weighted by molar-refractivity contribution is -0.175. The Morgan fingerprint density at radius 1 is 0.958 bits per heavy atom. The lowest BCUT2D eigenvalue weighted by atomic mass is 9.87. The van der Waals surface area contributed by atoms with Gasteiger partial charge in [0.05, 0.1) is 13.2 Å². The molecule has 24 heavy (non-hydrogen) atoms. The molecule has 3 aromatic carbocycles. The minimum Gasteiger partial charge on any atom is -0.301 e. The van der Waals surface area contributed by atoms with Crippen molar-refractivity contribution in [1.29, 1.82) is 0 Å². The molecule has 1 atom stereocenters. The zero-order chi connectivity index (χ0) is 16.4. The molecular formula is C21H19NO2. The Labute approximate surface area is 141 Å². The summed E-state index contributed by atoms with van der Waals surface area (Å²) in [5, 5.41) is 4.15. The average molecular weight is 317 g/mol. The SMILES string of the molecule is O=C[C@]1(c2ccc3ccccc3c2)CCON1Cc1ccccc1. The van der Waals surface area contributed by atoms with Crippen LogP contribution in [0, 0.1) is 0 Å². The summed E-state index contributed by atoms with van der Waals surface area (Å²) in [5.74, 6) is 0. The van der Waals surface area contributed by atoms with Gasteiger partial charge in [0.1, 0.15) is 11.8 Å². The second-order valence-electron chi connectivity index (χ2n) is 6.21. The number of hydrogen-bond acceptors (Lipinski definition) is 3. The van der Waals surface area contributed by atoms with Gasteiger partial charge in [-0.2, -0.15) is 5.06 Å². The van der Waals surface area contributed by atoms with Crippen LogP contribution >= 0.6 is 0 Å². The molecule has 4 rings (SSSR count). The van der Waals surface area contributed by atoms with Crippen LogP contribution < -0.4 is 0 Å². The highest BCUT2D eigenvalue weighted by atomic mass is 16.7. The monoisotopic (exact) mass is 317 g/mol. The Morgan fingerprint density at radius 3 is 2.50 bits per heavy atom. The van der Waals surface area contributed by atoms with Crippen molar-refractivity contribution in [3.05, 3.63) is 83.9 Å². The summed E-state index contributed by atoms with van der Waals surface area (Å²) in [5.41, 5.74) is 1.40. The zero-order valence-electron chi connectivity index (χ0n) is 13.4. The number of fused-ring (bicyclic) bond motifs is 1. The second kappa shape index (κ2) is 6.19. The Hall–Kier alpha value is -2.49. The van der Waals surface area contributed by atoms with Crippen molar-refractivity contribution in [2.45, 2.75) is 18.5 Å². The fraction of sp³-hybridized carbons (Fsp3) is 0.190. The van der Waals surface area contributed by atoms with Gasteiger partial charge >= 0.3 is 0 Å². The molecule has 0 amide bonds. The largest absolute Gasteiger partial charge is 0.301 e. The van der Waals surface area contributed by atoms with Gasteiger partial charge < -0.3 is 4.79 Å². The third-order valence-electron chi connectivity index (χ3n) is 4.79. The molecular weight excluding hydrogens is 298 g/mol. The van der Waals surface area contributed by atoms with Crippen LogP contribution in [0.2, 0.25) is 0 Å². The summed E-state index contributed by atoms with van der Waals surface area (Å²) in [6.07, 6.45) is 1.70. The molecule has 3 aromatic rings. The molecule has 0 aliphatic carbocycles. The lowest BCUT2D eigenvalue weighted by Gasteiger charge is -2.32. The van der Waals surface area contributed by atoms with Crippen molar-refractivity contribution in [2.75, 3.05) is 6.61 Å². The summed E-state index contributed by atoms with van der Waals surface area (Å²) < 4.78 is 0. The lowest BCUT2D eigenvalue weighted by Crippen LogP contribution is -2.41. The molecule has 0 N–H and O–H groups in total. The van der Waals surface area contributed by atoms with Crippen LogP contribution in [0.25, 0.3) is 10.8 Å². The van der Waals surface area contributed by atoms with E-state index in [0.29, 0.717) is 19.6 Å². The molecule has 1 saturated heterocycles. The first kappa shape index (κ1) is 15.1. The summed E-state index contributed by atoms with van der Waals surface area (Å²) in [6, 6.07) is 24.5. The van der Waals surface area contributed by atoms with Crippen LogP contribution in [0.4, 0.5) is 0 Å². The molecule has 3 heteroatoms. The van der Waals surface area contributed by atoms with E-state index in [1.54, 1.807) is 0 Å². The first-order valence-electron chi connectivity index (χ1n) is 8.22. The van der Waals surface area contributed by atoms with Gasteiger partial charge in [0.15, 0.2) is 0 Å². The Bertz CT molecular complexity index is 862. The smallest absolute Gasteiger partial charge is 0.147 e. The van der Waals surface area contributed by atoms with Crippen molar-refractivity contribution in [3.63, 3.8) is 0 Å². The zero-order valence-corrected chi connectivity index (χ0v) is 13.4. The van der Waals surface area contributed by atoms with E-state index in [-0.39, 0.29) is 0 Å². The molecule has 0 bridgehead atoms. The summed E-state index contributed by atoms with van der Waals surface area (Å²) in [4.78, 5) is 18.0. The van der Waals surface area contributed by atoms with Gasteiger partial charge in [0.25, 0.3) is 0 Å². The Morgan fingerprint density at radius 2 is 1.71 bits per heavy atom. The van der Waals surface area contributed by atoms with Crippen molar-refractivity contribution >= 4 is 17.1 Å². The average Bonchev–Trinajstić information content (AvgIpc) is 3.06. The van der Waals surface area contributed by atoms with Gasteiger partial charge in [0.2, 0.25) is 0 Å².